The maximum Gasteiger partial charge on any atom is 0.101 e. The smallest absolute Gasteiger partial charge is 0.101 e. The van der Waals surface area contributed by atoms with Crippen molar-refractivity contribution in [3.05, 3.63) is 34.3 Å². The van der Waals surface area contributed by atoms with Crippen LogP contribution in [0.2, 0.25) is 5.02 Å². The average molecular weight is 238 g/mol. The predicted molar refractivity (Wildman–Crippen MR) is 66.2 cm³/mol. The Balaban J connectivity index is 2.84. The monoisotopic (exact) mass is 237 g/mol. The van der Waals surface area contributed by atoms with Crippen molar-refractivity contribution in [2.24, 2.45) is 5.73 Å². The van der Waals surface area contributed by atoms with Gasteiger partial charge in [-0.15, -0.1) is 0 Å². The van der Waals surface area contributed by atoms with Crippen LogP contribution in [-0.2, 0) is 6.54 Å². The molecular weight excluding hydrogens is 222 g/mol. The van der Waals surface area contributed by atoms with E-state index < -0.39 is 0 Å². The third kappa shape index (κ3) is 3.21. The normalized spacial score (nSPS) is 10.4. The lowest BCUT2D eigenvalue weighted by molar-refractivity contribution is 0.288. The lowest BCUT2D eigenvalue weighted by atomic mass is 10.1. The molecule has 0 atom stereocenters. The van der Waals surface area contributed by atoms with E-state index in [4.69, 9.17) is 22.6 Å². The van der Waals surface area contributed by atoms with Gasteiger partial charge >= 0.3 is 0 Å². The molecule has 0 aromatic heterocycles. The van der Waals surface area contributed by atoms with Crippen LogP contribution >= 0.6 is 11.6 Å². The van der Waals surface area contributed by atoms with Crippen LogP contribution in [-0.4, -0.2) is 24.5 Å². The third-order valence-electron chi connectivity index (χ3n) is 2.49. The van der Waals surface area contributed by atoms with Crippen LogP contribution < -0.4 is 5.73 Å². The summed E-state index contributed by atoms with van der Waals surface area (Å²) in [6.07, 6.45) is 0. The van der Waals surface area contributed by atoms with Crippen LogP contribution in [0.1, 0.15) is 18.1 Å². The molecule has 1 aromatic rings. The zero-order valence-corrected chi connectivity index (χ0v) is 10.2. The Kier molecular flexibility index (Phi) is 5.27. The molecule has 0 aliphatic rings. The van der Waals surface area contributed by atoms with E-state index in [0.29, 0.717) is 17.1 Å². The quantitative estimate of drug-likeness (QED) is 0.852. The van der Waals surface area contributed by atoms with Crippen molar-refractivity contribution in [2.45, 2.75) is 13.5 Å². The minimum Gasteiger partial charge on any atom is -0.329 e. The first-order chi connectivity index (χ1) is 7.72. The molecule has 0 aliphatic carbocycles. The maximum atomic E-state index is 8.87. The van der Waals surface area contributed by atoms with Gasteiger partial charge in [0, 0.05) is 19.6 Å². The lowest BCUT2D eigenvalue weighted by Crippen LogP contribution is -2.28. The zero-order chi connectivity index (χ0) is 12.0. The van der Waals surface area contributed by atoms with Gasteiger partial charge in [0.2, 0.25) is 0 Å². The van der Waals surface area contributed by atoms with Crippen molar-refractivity contribution >= 4 is 11.6 Å². The first-order valence-electron chi connectivity index (χ1n) is 5.32. The van der Waals surface area contributed by atoms with Gasteiger partial charge in [-0.1, -0.05) is 30.7 Å². The molecule has 0 amide bonds. The Hall–Kier alpha value is -1.08. The average Bonchev–Trinajstić information content (AvgIpc) is 2.31. The number of halogens is 1. The maximum absolute atomic E-state index is 8.87. The van der Waals surface area contributed by atoms with Crippen molar-refractivity contribution in [2.75, 3.05) is 19.6 Å². The molecule has 3 nitrogen and oxygen atoms in total. The summed E-state index contributed by atoms with van der Waals surface area (Å²) in [5.74, 6) is 0. The van der Waals surface area contributed by atoms with Gasteiger partial charge in [-0.3, -0.25) is 4.90 Å². The third-order valence-corrected chi connectivity index (χ3v) is 2.93. The second-order valence-electron chi connectivity index (χ2n) is 3.55. The summed E-state index contributed by atoms with van der Waals surface area (Å²) in [7, 11) is 0. The lowest BCUT2D eigenvalue weighted by Gasteiger charge is -2.20. The summed E-state index contributed by atoms with van der Waals surface area (Å²) in [4.78, 5) is 2.20. The summed E-state index contributed by atoms with van der Waals surface area (Å²) >= 11 is 6.13. The van der Waals surface area contributed by atoms with E-state index in [1.54, 1.807) is 6.07 Å². The van der Waals surface area contributed by atoms with Crippen LogP contribution in [0.5, 0.6) is 0 Å². The Morgan fingerprint density at radius 2 is 2.25 bits per heavy atom. The van der Waals surface area contributed by atoms with Gasteiger partial charge in [-0.25, -0.2) is 0 Å². The van der Waals surface area contributed by atoms with Gasteiger partial charge in [-0.05, 0) is 18.2 Å². The standard InChI is InChI=1S/C12H16ClN3/c1-2-16(7-6-14)9-11-5-3-4-10(8-15)12(11)13/h3-5H,2,6-7,9,14H2,1H3. The first-order valence-corrected chi connectivity index (χ1v) is 5.70. The van der Waals surface area contributed by atoms with Crippen molar-refractivity contribution in [1.82, 2.24) is 4.90 Å². The Morgan fingerprint density at radius 3 is 2.81 bits per heavy atom. The van der Waals surface area contributed by atoms with Gasteiger partial charge in [0.25, 0.3) is 0 Å². The molecule has 0 bridgehead atoms. The van der Waals surface area contributed by atoms with Crippen molar-refractivity contribution in [3.63, 3.8) is 0 Å². The molecule has 0 unspecified atom stereocenters. The largest absolute Gasteiger partial charge is 0.329 e. The van der Waals surface area contributed by atoms with Gasteiger partial charge < -0.3 is 5.73 Å². The fraction of sp³-hybridized carbons (Fsp3) is 0.417. The second kappa shape index (κ2) is 6.49. The molecule has 1 rings (SSSR count). The predicted octanol–water partition coefficient (Wildman–Crippen LogP) is 1.99. The van der Waals surface area contributed by atoms with Crippen molar-refractivity contribution in [1.29, 1.82) is 5.26 Å². The molecule has 0 spiro atoms. The number of benzene rings is 1. The number of rotatable bonds is 5. The second-order valence-corrected chi connectivity index (χ2v) is 3.93. The fourth-order valence-electron chi connectivity index (χ4n) is 1.56. The number of hydrogen-bond acceptors (Lipinski definition) is 3. The van der Waals surface area contributed by atoms with Crippen molar-refractivity contribution < 1.29 is 0 Å². The van der Waals surface area contributed by atoms with E-state index in [1.807, 2.05) is 12.1 Å². The number of nitrogens with zero attached hydrogens (tertiary/aromatic N) is 2. The molecule has 2 N–H and O–H groups in total. The summed E-state index contributed by atoms with van der Waals surface area (Å²) in [5, 5.41) is 9.43. The van der Waals surface area contributed by atoms with Gasteiger partial charge in [0.05, 0.1) is 10.6 Å². The first kappa shape index (κ1) is 13.0. The summed E-state index contributed by atoms with van der Waals surface area (Å²) in [6, 6.07) is 7.61. The van der Waals surface area contributed by atoms with Crippen LogP contribution in [0.4, 0.5) is 0 Å². The molecule has 16 heavy (non-hydrogen) atoms. The van der Waals surface area contributed by atoms with E-state index in [-0.39, 0.29) is 0 Å². The van der Waals surface area contributed by atoms with Crippen LogP contribution in [0, 0.1) is 11.3 Å². The highest BCUT2D eigenvalue weighted by atomic mass is 35.5. The Labute approximate surface area is 101 Å². The molecule has 1 aromatic carbocycles. The van der Waals surface area contributed by atoms with Crippen molar-refractivity contribution in [3.8, 4) is 6.07 Å². The topological polar surface area (TPSA) is 53.0 Å². The van der Waals surface area contributed by atoms with Gasteiger partial charge in [0.1, 0.15) is 6.07 Å². The molecule has 0 saturated carbocycles. The number of nitrogens with two attached hydrogens (primary N) is 1. The summed E-state index contributed by atoms with van der Waals surface area (Å²) in [5.41, 5.74) is 7.04. The fourth-order valence-corrected chi connectivity index (χ4v) is 1.79. The van der Waals surface area contributed by atoms with E-state index in [0.717, 1.165) is 25.2 Å². The van der Waals surface area contributed by atoms with E-state index >= 15 is 0 Å². The van der Waals surface area contributed by atoms with E-state index in [2.05, 4.69) is 17.9 Å². The number of hydrogen-bond donors (Lipinski definition) is 1. The molecule has 0 aliphatic heterocycles. The zero-order valence-electron chi connectivity index (χ0n) is 9.41. The molecule has 86 valence electrons. The van der Waals surface area contributed by atoms with E-state index in [9.17, 15) is 0 Å². The van der Waals surface area contributed by atoms with Crippen LogP contribution in [0.25, 0.3) is 0 Å². The minimum absolute atomic E-state index is 0.531. The molecule has 4 heteroatoms. The number of likely N-dealkylation sites (N-methyl/N-ethyl adjacent to an activating group) is 1. The van der Waals surface area contributed by atoms with Gasteiger partial charge in [-0.2, -0.15) is 5.26 Å². The highest BCUT2D eigenvalue weighted by molar-refractivity contribution is 6.32. The summed E-state index contributed by atoms with van der Waals surface area (Å²) in [6.45, 7) is 5.21. The van der Waals surface area contributed by atoms with Crippen LogP contribution in [0.3, 0.4) is 0 Å². The number of nitriles is 1. The molecule has 0 fully saturated rings. The molecular formula is C12H16ClN3. The Morgan fingerprint density at radius 1 is 1.50 bits per heavy atom. The minimum atomic E-state index is 0.531. The van der Waals surface area contributed by atoms with Gasteiger partial charge in [0.15, 0.2) is 0 Å². The molecule has 0 saturated heterocycles. The van der Waals surface area contributed by atoms with E-state index in [1.165, 1.54) is 0 Å². The highest BCUT2D eigenvalue weighted by Crippen LogP contribution is 2.21. The Bertz CT molecular complexity index is 384. The van der Waals surface area contributed by atoms with Crippen LogP contribution in [0.15, 0.2) is 18.2 Å². The molecule has 0 radical (unpaired) electrons. The highest BCUT2D eigenvalue weighted by Gasteiger charge is 2.08. The summed E-state index contributed by atoms with van der Waals surface area (Å²) < 4.78 is 0. The SMILES string of the molecule is CCN(CCN)Cc1cccc(C#N)c1Cl. The molecule has 0 heterocycles.